The van der Waals surface area contributed by atoms with Crippen LogP contribution < -0.4 is 10.7 Å². The van der Waals surface area contributed by atoms with Gasteiger partial charge in [-0.3, -0.25) is 0 Å². The fourth-order valence-corrected chi connectivity index (χ4v) is 9.43. The Labute approximate surface area is 389 Å². The molecular formula is C62H82N2. The summed E-state index contributed by atoms with van der Waals surface area (Å²) in [5.41, 5.74) is 21.9. The average Bonchev–Trinajstić information content (AvgIpc) is 3.68. The van der Waals surface area contributed by atoms with Crippen molar-refractivity contribution in [3.8, 4) is 44.5 Å². The Morgan fingerprint density at radius 3 is 0.703 bits per heavy atom. The second kappa shape index (κ2) is 14.6. The fourth-order valence-electron chi connectivity index (χ4n) is 9.43. The van der Waals surface area contributed by atoms with E-state index in [4.69, 9.17) is 9.98 Å². The van der Waals surface area contributed by atoms with Crippen LogP contribution in [0, 0.1) is 0 Å². The summed E-state index contributed by atoms with van der Waals surface area (Å²) in [6.07, 6.45) is 0. The molecule has 0 amide bonds. The van der Waals surface area contributed by atoms with Crippen LogP contribution in [0.25, 0.3) is 44.5 Å². The maximum atomic E-state index is 6.04. The van der Waals surface area contributed by atoms with Gasteiger partial charge in [0.05, 0.1) is 22.1 Å². The van der Waals surface area contributed by atoms with Crippen molar-refractivity contribution in [1.82, 2.24) is 0 Å². The minimum Gasteiger partial charge on any atom is -0.247 e. The van der Waals surface area contributed by atoms with E-state index in [1.165, 1.54) is 89.0 Å². The second-order valence-electron chi connectivity index (χ2n) is 27.9. The molecule has 0 radical (unpaired) electrons. The molecule has 0 aromatic heterocycles. The molecule has 2 heteroatoms. The van der Waals surface area contributed by atoms with Crippen LogP contribution in [-0.4, -0.2) is 0 Å². The monoisotopic (exact) mass is 855 g/mol. The van der Waals surface area contributed by atoms with Gasteiger partial charge in [0.2, 0.25) is 0 Å². The molecule has 2 heterocycles. The van der Waals surface area contributed by atoms with Crippen molar-refractivity contribution in [1.29, 1.82) is 0 Å². The first-order valence-corrected chi connectivity index (χ1v) is 24.2. The minimum atomic E-state index is -0.142. The largest absolute Gasteiger partial charge is 0.247 e. The Hall–Kier alpha value is -4.30. The highest BCUT2D eigenvalue weighted by Crippen LogP contribution is 2.53. The summed E-state index contributed by atoms with van der Waals surface area (Å²) in [7, 11) is 0. The Kier molecular flexibility index (Phi) is 10.9. The molecule has 2 nitrogen and oxygen atoms in total. The molecule has 5 aromatic rings. The van der Waals surface area contributed by atoms with E-state index in [0.717, 1.165) is 22.1 Å². The average molecular weight is 855 g/mol. The highest BCUT2D eigenvalue weighted by atomic mass is 14.8. The first kappa shape index (κ1) is 47.7. The summed E-state index contributed by atoms with van der Waals surface area (Å²) in [6.45, 7) is 56.5. The molecule has 2 aliphatic heterocycles. The Morgan fingerprint density at radius 1 is 0.250 bits per heavy atom. The predicted molar refractivity (Wildman–Crippen MR) is 279 cm³/mol. The number of fused-ring (bicyclic) bond motifs is 6. The second-order valence-corrected chi connectivity index (χ2v) is 27.9. The number of benzene rings is 5. The molecule has 0 spiro atoms. The molecule has 0 fully saturated rings. The molecule has 0 N–H and O–H groups in total. The normalized spacial score (nSPS) is 14.5. The van der Waals surface area contributed by atoms with Crippen molar-refractivity contribution in [2.75, 3.05) is 0 Å². The molecule has 5 aromatic carbocycles. The lowest BCUT2D eigenvalue weighted by Gasteiger charge is -2.29. The zero-order chi connectivity index (χ0) is 48.0. The van der Waals surface area contributed by atoms with Crippen molar-refractivity contribution in [2.24, 2.45) is 9.98 Å². The molecule has 0 saturated heterocycles. The quantitative estimate of drug-likeness (QED) is 0.166. The lowest BCUT2D eigenvalue weighted by atomic mass is 9.74. The molecule has 2 aliphatic rings. The van der Waals surface area contributed by atoms with Crippen LogP contribution in [0.1, 0.15) is 211 Å². The summed E-state index contributed by atoms with van der Waals surface area (Å²) in [5, 5.41) is 2.15. The molecular weight excluding hydrogens is 773 g/mol. The van der Waals surface area contributed by atoms with Crippen molar-refractivity contribution in [3.05, 3.63) is 116 Å². The summed E-state index contributed by atoms with van der Waals surface area (Å²) >= 11 is 0. The van der Waals surface area contributed by atoms with E-state index in [1.54, 1.807) is 0 Å². The molecule has 340 valence electrons. The number of hydrogen-bond donors (Lipinski definition) is 0. The molecule has 0 unspecified atom stereocenters. The van der Waals surface area contributed by atoms with E-state index >= 15 is 0 Å². The Morgan fingerprint density at radius 2 is 0.484 bits per heavy atom. The zero-order valence-electron chi connectivity index (χ0n) is 44.7. The van der Waals surface area contributed by atoms with Gasteiger partial charge >= 0.3 is 0 Å². The highest BCUT2D eigenvalue weighted by molar-refractivity contribution is 6.03. The smallest absolute Gasteiger partial charge is 0.0808 e. The third-order valence-corrected chi connectivity index (χ3v) is 13.9. The number of rotatable bonds is 2. The van der Waals surface area contributed by atoms with Gasteiger partial charge in [0.1, 0.15) is 0 Å². The van der Waals surface area contributed by atoms with Crippen LogP contribution >= 0.6 is 0 Å². The van der Waals surface area contributed by atoms with Gasteiger partial charge in [0, 0.05) is 33.4 Å². The van der Waals surface area contributed by atoms with Gasteiger partial charge in [-0.1, -0.05) is 215 Å². The van der Waals surface area contributed by atoms with Gasteiger partial charge in [-0.05, 0) is 111 Å². The lowest BCUT2D eigenvalue weighted by Crippen LogP contribution is -2.23. The number of nitrogens with zero attached hydrogens (tertiary/aromatic N) is 2. The standard InChI is InChI=1S/C62H82N2/c1-55(2,3)37-25-35(26-38(29-37)56(4,5)6)47-49-43-31-41(59(13,14)15)33-45(61(19,20)21)51(43)64-54(49)48(36-27-39(57(7,8)9)30-40(28-36)58(10,11)12)50-44-32-42(60(16,17)18)34-46(62(22,23)24)52(44)63-53(47)50/h25-34H,1-24H3. The van der Waals surface area contributed by atoms with Crippen molar-refractivity contribution in [2.45, 2.75) is 209 Å². The van der Waals surface area contributed by atoms with Crippen LogP contribution in [0.15, 0.2) is 70.6 Å². The summed E-state index contributed by atoms with van der Waals surface area (Å²) in [5.74, 6) is 0. The first-order valence-electron chi connectivity index (χ1n) is 24.2. The summed E-state index contributed by atoms with van der Waals surface area (Å²) in [6, 6.07) is 24.8. The van der Waals surface area contributed by atoms with E-state index in [0.29, 0.717) is 0 Å². The Balaban J connectivity index is 1.87. The third-order valence-electron chi connectivity index (χ3n) is 13.9. The highest BCUT2D eigenvalue weighted by Gasteiger charge is 2.38. The van der Waals surface area contributed by atoms with Crippen LogP contribution in [0.2, 0.25) is 0 Å². The maximum Gasteiger partial charge on any atom is 0.0808 e. The molecule has 64 heavy (non-hydrogen) atoms. The van der Waals surface area contributed by atoms with Crippen LogP contribution in [-0.2, 0) is 43.3 Å². The maximum absolute atomic E-state index is 6.04. The third kappa shape index (κ3) is 8.50. The summed E-state index contributed by atoms with van der Waals surface area (Å²) in [4.78, 5) is 12.1. The fraction of sp³-hybridized carbons (Fsp3) is 0.516. The van der Waals surface area contributed by atoms with Crippen LogP contribution in [0.5, 0.6) is 0 Å². The van der Waals surface area contributed by atoms with E-state index < -0.39 is 0 Å². The molecule has 0 aliphatic carbocycles. The van der Waals surface area contributed by atoms with E-state index in [1.807, 2.05) is 0 Å². The van der Waals surface area contributed by atoms with E-state index in [2.05, 4.69) is 227 Å². The van der Waals surface area contributed by atoms with Gasteiger partial charge in [0.25, 0.3) is 0 Å². The molecule has 7 rings (SSSR count). The van der Waals surface area contributed by atoms with E-state index in [9.17, 15) is 0 Å². The molecule has 0 atom stereocenters. The predicted octanol–water partition coefficient (Wildman–Crippen LogP) is 17.3. The van der Waals surface area contributed by atoms with Gasteiger partial charge in [-0.2, -0.15) is 0 Å². The molecule has 0 saturated carbocycles. The topological polar surface area (TPSA) is 24.7 Å². The van der Waals surface area contributed by atoms with Gasteiger partial charge in [-0.25, -0.2) is 9.98 Å². The van der Waals surface area contributed by atoms with Crippen LogP contribution in [0.4, 0.5) is 11.4 Å². The van der Waals surface area contributed by atoms with Crippen LogP contribution in [0.3, 0.4) is 0 Å². The van der Waals surface area contributed by atoms with Crippen molar-refractivity contribution >= 4 is 11.4 Å². The van der Waals surface area contributed by atoms with Gasteiger partial charge < -0.3 is 0 Å². The molecule has 0 bridgehead atoms. The lowest BCUT2D eigenvalue weighted by molar-refractivity contribution is 0.568. The van der Waals surface area contributed by atoms with Gasteiger partial charge in [0.15, 0.2) is 0 Å². The van der Waals surface area contributed by atoms with Crippen molar-refractivity contribution in [3.63, 3.8) is 0 Å². The summed E-state index contributed by atoms with van der Waals surface area (Å²) < 4.78 is 0. The van der Waals surface area contributed by atoms with Crippen molar-refractivity contribution < 1.29 is 0 Å². The zero-order valence-corrected chi connectivity index (χ0v) is 44.7. The number of hydrogen-bond acceptors (Lipinski definition) is 2. The Bertz CT molecular complexity index is 2590. The van der Waals surface area contributed by atoms with Gasteiger partial charge in [-0.15, -0.1) is 0 Å². The minimum absolute atomic E-state index is 0.0682. The SMILES string of the molecule is CC(C)(C)c1cc(-c2c3c(c(-c4cc(C(C)(C)C)cc(C(C)(C)C)c4)c4c2=Nc2c-4cc(C(C)(C)C)cc2C(C)(C)C)=Nc2c-3cc(C(C)(C)C)cc2C(C)(C)C)cc(C(C)(C)C)c1. The first-order chi connectivity index (χ1) is 28.8. The van der Waals surface area contributed by atoms with E-state index in [-0.39, 0.29) is 43.3 Å².